The van der Waals surface area contributed by atoms with Crippen LogP contribution in [0.25, 0.3) is 0 Å². The molecule has 7 heteroatoms. The summed E-state index contributed by atoms with van der Waals surface area (Å²) in [5.74, 6) is 3.10. The molecular weight excluding hydrogens is 302 g/mol. The molecule has 7 nitrogen and oxygen atoms in total. The average molecular weight is 321 g/mol. The maximum Gasteiger partial charge on any atom is 0.226 e. The molecule has 2 aromatic rings. The van der Waals surface area contributed by atoms with E-state index in [9.17, 15) is 0 Å². The van der Waals surface area contributed by atoms with E-state index in [2.05, 4.69) is 35.8 Å². The van der Waals surface area contributed by atoms with Gasteiger partial charge in [0.1, 0.15) is 23.4 Å². The maximum atomic E-state index is 9.07. The Labute approximate surface area is 141 Å². The van der Waals surface area contributed by atoms with E-state index in [0.29, 0.717) is 23.6 Å². The van der Waals surface area contributed by atoms with Crippen molar-refractivity contribution in [3.05, 3.63) is 36.0 Å². The first-order valence-corrected chi connectivity index (χ1v) is 8.29. The Kier molecular flexibility index (Phi) is 3.73. The fourth-order valence-corrected chi connectivity index (χ4v) is 3.77. The summed E-state index contributed by atoms with van der Waals surface area (Å²) in [4.78, 5) is 22.1. The van der Waals surface area contributed by atoms with E-state index in [1.807, 2.05) is 19.2 Å². The predicted octanol–water partition coefficient (Wildman–Crippen LogP) is 1.55. The summed E-state index contributed by atoms with van der Waals surface area (Å²) in [7, 11) is 0. The minimum atomic E-state index is 0.364. The number of aromatic nitrogens is 4. The molecule has 2 unspecified atom stereocenters. The van der Waals surface area contributed by atoms with Crippen molar-refractivity contribution in [2.75, 3.05) is 29.4 Å². The van der Waals surface area contributed by atoms with Crippen LogP contribution in [0.4, 0.5) is 11.8 Å². The van der Waals surface area contributed by atoms with E-state index >= 15 is 0 Å². The van der Waals surface area contributed by atoms with Gasteiger partial charge in [-0.15, -0.1) is 0 Å². The van der Waals surface area contributed by atoms with Crippen LogP contribution in [0.3, 0.4) is 0 Å². The summed E-state index contributed by atoms with van der Waals surface area (Å²) in [6.45, 7) is 4.78. The fourth-order valence-electron chi connectivity index (χ4n) is 3.77. The van der Waals surface area contributed by atoms with Crippen LogP contribution in [0.15, 0.2) is 24.5 Å². The van der Waals surface area contributed by atoms with Gasteiger partial charge in [0.05, 0.1) is 6.04 Å². The summed E-state index contributed by atoms with van der Waals surface area (Å²) < 4.78 is 0. The highest BCUT2D eigenvalue weighted by molar-refractivity contribution is 5.43. The zero-order valence-corrected chi connectivity index (χ0v) is 13.6. The van der Waals surface area contributed by atoms with E-state index in [4.69, 9.17) is 5.26 Å². The molecule has 0 saturated carbocycles. The lowest BCUT2D eigenvalue weighted by Crippen LogP contribution is -2.49. The lowest BCUT2D eigenvalue weighted by atomic mass is 9.92. The fraction of sp³-hybridized carbons (Fsp3) is 0.471. The topological polar surface area (TPSA) is 81.8 Å². The first kappa shape index (κ1) is 14.8. The Bertz CT molecular complexity index is 785. The van der Waals surface area contributed by atoms with Crippen LogP contribution in [0.1, 0.15) is 24.4 Å². The van der Waals surface area contributed by atoms with E-state index in [1.54, 1.807) is 12.3 Å². The van der Waals surface area contributed by atoms with Gasteiger partial charge in [0.25, 0.3) is 0 Å². The molecular formula is C17H19N7. The molecule has 4 heterocycles. The van der Waals surface area contributed by atoms with Gasteiger partial charge in [-0.2, -0.15) is 5.26 Å². The Morgan fingerprint density at radius 3 is 2.79 bits per heavy atom. The third-order valence-electron chi connectivity index (χ3n) is 4.96. The van der Waals surface area contributed by atoms with Crippen molar-refractivity contribution in [3.8, 4) is 6.07 Å². The number of nitriles is 1. The Balaban J connectivity index is 1.58. The molecule has 2 fully saturated rings. The zero-order chi connectivity index (χ0) is 16.5. The third kappa shape index (κ3) is 2.64. The standard InChI is InChI=1S/C17H19N7/c1-12-19-7-3-16(21-12)23-8-4-13-5-9-24(15(13)11-23)17-20-6-2-14(10-18)22-17/h2-3,6-7,13,15H,4-5,8-9,11H2,1H3. The molecule has 2 saturated heterocycles. The molecule has 4 rings (SSSR count). The number of rotatable bonds is 2. The second-order valence-electron chi connectivity index (χ2n) is 6.36. The summed E-state index contributed by atoms with van der Waals surface area (Å²) >= 11 is 0. The highest BCUT2D eigenvalue weighted by Gasteiger charge is 2.39. The van der Waals surface area contributed by atoms with Gasteiger partial charge in [0, 0.05) is 32.0 Å². The second kappa shape index (κ2) is 6.04. The van der Waals surface area contributed by atoms with E-state index in [-0.39, 0.29) is 0 Å². The third-order valence-corrected chi connectivity index (χ3v) is 4.96. The van der Waals surface area contributed by atoms with Gasteiger partial charge < -0.3 is 9.80 Å². The smallest absolute Gasteiger partial charge is 0.226 e. The van der Waals surface area contributed by atoms with Crippen molar-refractivity contribution in [2.24, 2.45) is 5.92 Å². The normalized spacial score (nSPS) is 23.0. The van der Waals surface area contributed by atoms with Gasteiger partial charge in [0.15, 0.2) is 0 Å². The molecule has 2 aliphatic heterocycles. The number of hydrogen-bond donors (Lipinski definition) is 0. The van der Waals surface area contributed by atoms with Gasteiger partial charge >= 0.3 is 0 Å². The van der Waals surface area contributed by atoms with E-state index in [1.165, 1.54) is 0 Å². The SMILES string of the molecule is Cc1nccc(N2CCC3CCN(c4nccc(C#N)n4)C3C2)n1. The van der Waals surface area contributed by atoms with Crippen molar-refractivity contribution >= 4 is 11.8 Å². The summed E-state index contributed by atoms with van der Waals surface area (Å²) in [5.41, 5.74) is 0.419. The first-order valence-electron chi connectivity index (χ1n) is 8.29. The molecule has 122 valence electrons. The number of piperidine rings is 1. The molecule has 0 amide bonds. The second-order valence-corrected chi connectivity index (χ2v) is 6.36. The molecule has 0 aromatic carbocycles. The summed E-state index contributed by atoms with van der Waals surface area (Å²) in [5, 5.41) is 9.07. The molecule has 0 N–H and O–H groups in total. The largest absolute Gasteiger partial charge is 0.354 e. The molecule has 0 aliphatic carbocycles. The summed E-state index contributed by atoms with van der Waals surface area (Å²) in [6, 6.07) is 6.08. The van der Waals surface area contributed by atoms with Crippen LogP contribution in [-0.2, 0) is 0 Å². The van der Waals surface area contributed by atoms with Gasteiger partial charge in [-0.25, -0.2) is 19.9 Å². The van der Waals surface area contributed by atoms with Crippen LogP contribution in [0.2, 0.25) is 0 Å². The lowest BCUT2D eigenvalue weighted by Gasteiger charge is -2.39. The van der Waals surface area contributed by atoms with Gasteiger partial charge in [-0.05, 0) is 37.8 Å². The minimum Gasteiger partial charge on any atom is -0.354 e. The Morgan fingerprint density at radius 2 is 1.96 bits per heavy atom. The van der Waals surface area contributed by atoms with Gasteiger partial charge in [0.2, 0.25) is 5.95 Å². The highest BCUT2D eigenvalue weighted by Crippen LogP contribution is 2.34. The van der Waals surface area contributed by atoms with E-state index < -0.39 is 0 Å². The molecule has 2 atom stereocenters. The molecule has 24 heavy (non-hydrogen) atoms. The minimum absolute atomic E-state index is 0.364. The molecule has 0 spiro atoms. The quantitative estimate of drug-likeness (QED) is 0.830. The summed E-state index contributed by atoms with van der Waals surface area (Å²) in [6.07, 6.45) is 5.78. The Morgan fingerprint density at radius 1 is 1.12 bits per heavy atom. The molecule has 2 aromatic heterocycles. The monoisotopic (exact) mass is 321 g/mol. The highest BCUT2D eigenvalue weighted by atomic mass is 15.3. The van der Waals surface area contributed by atoms with Crippen molar-refractivity contribution in [1.82, 2.24) is 19.9 Å². The van der Waals surface area contributed by atoms with Crippen molar-refractivity contribution in [1.29, 1.82) is 5.26 Å². The molecule has 2 aliphatic rings. The first-order chi connectivity index (χ1) is 11.7. The van der Waals surface area contributed by atoms with Gasteiger partial charge in [-0.3, -0.25) is 0 Å². The van der Waals surface area contributed by atoms with Crippen molar-refractivity contribution in [2.45, 2.75) is 25.8 Å². The number of nitrogens with zero attached hydrogens (tertiary/aromatic N) is 7. The van der Waals surface area contributed by atoms with Crippen molar-refractivity contribution < 1.29 is 0 Å². The number of fused-ring (bicyclic) bond motifs is 1. The predicted molar refractivity (Wildman–Crippen MR) is 89.6 cm³/mol. The number of anilines is 2. The van der Waals surface area contributed by atoms with E-state index in [0.717, 1.165) is 44.1 Å². The van der Waals surface area contributed by atoms with Crippen LogP contribution >= 0.6 is 0 Å². The maximum absolute atomic E-state index is 9.07. The molecule has 0 bridgehead atoms. The number of hydrogen-bond acceptors (Lipinski definition) is 7. The van der Waals surface area contributed by atoms with Crippen LogP contribution in [-0.4, -0.2) is 45.6 Å². The van der Waals surface area contributed by atoms with Crippen LogP contribution in [0.5, 0.6) is 0 Å². The molecule has 0 radical (unpaired) electrons. The lowest BCUT2D eigenvalue weighted by molar-refractivity contribution is 0.387. The average Bonchev–Trinajstić information content (AvgIpc) is 3.05. The van der Waals surface area contributed by atoms with Gasteiger partial charge in [-0.1, -0.05) is 0 Å². The zero-order valence-electron chi connectivity index (χ0n) is 13.6. The van der Waals surface area contributed by atoms with Crippen LogP contribution < -0.4 is 9.80 Å². The van der Waals surface area contributed by atoms with Crippen molar-refractivity contribution in [3.63, 3.8) is 0 Å². The van der Waals surface area contributed by atoms with Crippen LogP contribution in [0, 0.1) is 24.2 Å². The Hall–Kier alpha value is -2.75. The number of aryl methyl sites for hydroxylation is 1.